The molecule has 0 aromatic heterocycles. The van der Waals surface area contributed by atoms with Crippen molar-refractivity contribution in [3.8, 4) is 17.2 Å². The number of hydrogen-bond donors (Lipinski definition) is 1. The molecule has 1 aliphatic carbocycles. The molecule has 4 heteroatoms. The Kier molecular flexibility index (Phi) is 3.78. The average Bonchev–Trinajstić information content (AvgIpc) is 3.06. The fourth-order valence-corrected chi connectivity index (χ4v) is 2.66. The molecule has 1 saturated carbocycles. The van der Waals surface area contributed by atoms with E-state index in [1.54, 1.807) is 0 Å². The van der Waals surface area contributed by atoms with Crippen molar-refractivity contribution in [3.63, 3.8) is 0 Å². The predicted octanol–water partition coefficient (Wildman–Crippen LogP) is 2.85. The largest absolute Gasteiger partial charge is 0.490 e. The Labute approximate surface area is 114 Å². The van der Waals surface area contributed by atoms with Gasteiger partial charge in [-0.1, -0.05) is 6.92 Å². The Morgan fingerprint density at radius 2 is 1.95 bits per heavy atom. The minimum atomic E-state index is 0.308. The van der Waals surface area contributed by atoms with Gasteiger partial charge in [-0.2, -0.15) is 0 Å². The van der Waals surface area contributed by atoms with Gasteiger partial charge < -0.3 is 19.5 Å². The quantitative estimate of drug-likeness (QED) is 0.886. The van der Waals surface area contributed by atoms with Crippen LogP contribution >= 0.6 is 0 Å². The van der Waals surface area contributed by atoms with Crippen molar-refractivity contribution >= 4 is 0 Å². The molecule has 1 aromatic rings. The SMILES string of the molecule is CCNCc1cc2c(cc1OC1CCCC1)OCO2. The third kappa shape index (κ3) is 2.78. The molecule has 0 spiro atoms. The van der Waals surface area contributed by atoms with Gasteiger partial charge >= 0.3 is 0 Å². The van der Waals surface area contributed by atoms with Gasteiger partial charge in [-0.3, -0.25) is 0 Å². The molecule has 19 heavy (non-hydrogen) atoms. The van der Waals surface area contributed by atoms with E-state index in [4.69, 9.17) is 14.2 Å². The average molecular weight is 263 g/mol. The minimum absolute atomic E-state index is 0.308. The smallest absolute Gasteiger partial charge is 0.231 e. The van der Waals surface area contributed by atoms with Gasteiger partial charge in [0.15, 0.2) is 11.5 Å². The van der Waals surface area contributed by atoms with E-state index in [0.717, 1.165) is 48.7 Å². The van der Waals surface area contributed by atoms with E-state index in [0.29, 0.717) is 12.9 Å². The Bertz CT molecular complexity index is 441. The first-order chi connectivity index (χ1) is 9.36. The molecule has 3 rings (SSSR count). The van der Waals surface area contributed by atoms with Gasteiger partial charge in [0.1, 0.15) is 5.75 Å². The van der Waals surface area contributed by atoms with Crippen LogP contribution in [0.15, 0.2) is 12.1 Å². The summed E-state index contributed by atoms with van der Waals surface area (Å²) in [5.41, 5.74) is 1.15. The molecule has 2 aliphatic rings. The second-order valence-electron chi connectivity index (χ2n) is 5.12. The molecule has 4 nitrogen and oxygen atoms in total. The van der Waals surface area contributed by atoms with E-state index in [2.05, 4.69) is 12.2 Å². The summed E-state index contributed by atoms with van der Waals surface area (Å²) >= 11 is 0. The number of ether oxygens (including phenoxy) is 3. The molecule has 1 fully saturated rings. The Morgan fingerprint density at radius 1 is 1.21 bits per heavy atom. The number of fused-ring (bicyclic) bond motifs is 1. The van der Waals surface area contributed by atoms with Crippen LogP contribution in [0.1, 0.15) is 38.2 Å². The summed E-state index contributed by atoms with van der Waals surface area (Å²) in [6.45, 7) is 4.15. The van der Waals surface area contributed by atoms with Gasteiger partial charge in [0.2, 0.25) is 6.79 Å². The normalized spacial score (nSPS) is 17.9. The first kappa shape index (κ1) is 12.6. The summed E-state index contributed by atoms with van der Waals surface area (Å²) in [6, 6.07) is 4.02. The maximum atomic E-state index is 6.15. The topological polar surface area (TPSA) is 39.7 Å². The highest BCUT2D eigenvalue weighted by Gasteiger charge is 2.22. The zero-order valence-corrected chi connectivity index (χ0v) is 11.4. The van der Waals surface area contributed by atoms with Crippen LogP contribution in [-0.2, 0) is 6.54 Å². The van der Waals surface area contributed by atoms with Crippen LogP contribution in [0.3, 0.4) is 0 Å². The molecule has 1 heterocycles. The van der Waals surface area contributed by atoms with Crippen molar-refractivity contribution in [1.82, 2.24) is 5.32 Å². The van der Waals surface area contributed by atoms with E-state index in [9.17, 15) is 0 Å². The molecular weight excluding hydrogens is 242 g/mol. The lowest BCUT2D eigenvalue weighted by molar-refractivity contribution is 0.173. The van der Waals surface area contributed by atoms with Crippen molar-refractivity contribution in [3.05, 3.63) is 17.7 Å². The lowest BCUT2D eigenvalue weighted by atomic mass is 10.1. The van der Waals surface area contributed by atoms with E-state index in [1.165, 1.54) is 12.8 Å². The molecule has 0 bridgehead atoms. The van der Waals surface area contributed by atoms with Crippen LogP contribution in [-0.4, -0.2) is 19.4 Å². The van der Waals surface area contributed by atoms with Gasteiger partial charge in [-0.05, 0) is 38.3 Å². The number of benzene rings is 1. The molecule has 1 aromatic carbocycles. The lowest BCUT2D eigenvalue weighted by Gasteiger charge is -2.17. The highest BCUT2D eigenvalue weighted by Crippen LogP contribution is 2.39. The maximum absolute atomic E-state index is 6.15. The molecule has 0 amide bonds. The van der Waals surface area contributed by atoms with Crippen LogP contribution in [0.4, 0.5) is 0 Å². The Morgan fingerprint density at radius 3 is 2.68 bits per heavy atom. The van der Waals surface area contributed by atoms with E-state index < -0.39 is 0 Å². The van der Waals surface area contributed by atoms with Crippen LogP contribution in [0.2, 0.25) is 0 Å². The van der Waals surface area contributed by atoms with Crippen molar-refractivity contribution < 1.29 is 14.2 Å². The molecule has 1 aliphatic heterocycles. The van der Waals surface area contributed by atoms with Crippen molar-refractivity contribution in [2.75, 3.05) is 13.3 Å². The maximum Gasteiger partial charge on any atom is 0.231 e. The van der Waals surface area contributed by atoms with E-state index in [1.807, 2.05) is 12.1 Å². The van der Waals surface area contributed by atoms with Gasteiger partial charge in [-0.15, -0.1) is 0 Å². The molecule has 0 radical (unpaired) electrons. The molecular formula is C15H21NO3. The molecule has 104 valence electrons. The standard InChI is InChI=1S/C15H21NO3/c1-2-16-9-11-7-14-15(18-10-17-14)8-13(11)19-12-5-3-4-6-12/h7-8,12,16H,2-6,9-10H2,1H3. The van der Waals surface area contributed by atoms with Crippen LogP contribution in [0.25, 0.3) is 0 Å². The van der Waals surface area contributed by atoms with Crippen LogP contribution in [0, 0.1) is 0 Å². The highest BCUT2D eigenvalue weighted by molar-refractivity contribution is 5.51. The van der Waals surface area contributed by atoms with Crippen LogP contribution in [0.5, 0.6) is 17.2 Å². The van der Waals surface area contributed by atoms with E-state index in [-0.39, 0.29) is 0 Å². The zero-order valence-electron chi connectivity index (χ0n) is 11.4. The van der Waals surface area contributed by atoms with Gasteiger partial charge in [-0.25, -0.2) is 0 Å². The summed E-state index contributed by atoms with van der Waals surface area (Å²) in [4.78, 5) is 0. The summed E-state index contributed by atoms with van der Waals surface area (Å²) in [5, 5.41) is 3.34. The van der Waals surface area contributed by atoms with E-state index >= 15 is 0 Å². The zero-order chi connectivity index (χ0) is 13.1. The number of rotatable bonds is 5. The summed E-state index contributed by atoms with van der Waals surface area (Å²) < 4.78 is 17.0. The monoisotopic (exact) mass is 263 g/mol. The van der Waals surface area contributed by atoms with Gasteiger partial charge in [0.25, 0.3) is 0 Å². The van der Waals surface area contributed by atoms with Crippen molar-refractivity contribution in [2.45, 2.75) is 45.3 Å². The molecule has 1 N–H and O–H groups in total. The van der Waals surface area contributed by atoms with Crippen molar-refractivity contribution in [1.29, 1.82) is 0 Å². The summed E-state index contributed by atoms with van der Waals surface area (Å²) in [7, 11) is 0. The molecule has 0 atom stereocenters. The first-order valence-electron chi connectivity index (χ1n) is 7.16. The van der Waals surface area contributed by atoms with Crippen molar-refractivity contribution in [2.24, 2.45) is 0 Å². The third-order valence-electron chi connectivity index (χ3n) is 3.72. The van der Waals surface area contributed by atoms with Crippen LogP contribution < -0.4 is 19.5 Å². The molecule has 0 saturated heterocycles. The second-order valence-corrected chi connectivity index (χ2v) is 5.12. The second kappa shape index (κ2) is 5.70. The first-order valence-corrected chi connectivity index (χ1v) is 7.16. The third-order valence-corrected chi connectivity index (χ3v) is 3.72. The number of hydrogen-bond acceptors (Lipinski definition) is 4. The Hall–Kier alpha value is -1.42. The fourth-order valence-electron chi connectivity index (χ4n) is 2.66. The van der Waals surface area contributed by atoms with Gasteiger partial charge in [0.05, 0.1) is 6.10 Å². The fraction of sp³-hybridized carbons (Fsp3) is 0.600. The summed E-state index contributed by atoms with van der Waals surface area (Å²) in [6.07, 6.45) is 5.24. The predicted molar refractivity (Wildman–Crippen MR) is 72.8 cm³/mol. The molecule has 0 unspecified atom stereocenters. The lowest BCUT2D eigenvalue weighted by Crippen LogP contribution is -2.16. The Balaban J connectivity index is 1.81. The summed E-state index contributed by atoms with van der Waals surface area (Å²) in [5.74, 6) is 2.57. The van der Waals surface area contributed by atoms with Gasteiger partial charge in [0, 0.05) is 18.2 Å². The minimum Gasteiger partial charge on any atom is -0.490 e. The highest BCUT2D eigenvalue weighted by atomic mass is 16.7. The number of nitrogens with one attached hydrogen (secondary N) is 1.